The van der Waals surface area contributed by atoms with Gasteiger partial charge in [-0.15, -0.1) is 11.3 Å². The van der Waals surface area contributed by atoms with Crippen molar-refractivity contribution in [2.45, 2.75) is 6.54 Å². The lowest BCUT2D eigenvalue weighted by Crippen LogP contribution is -2.48. The van der Waals surface area contributed by atoms with Crippen LogP contribution in [-0.4, -0.2) is 58.8 Å². The van der Waals surface area contributed by atoms with Crippen molar-refractivity contribution in [1.82, 2.24) is 19.6 Å². The van der Waals surface area contributed by atoms with Crippen LogP contribution in [0.2, 0.25) is 0 Å². The molecule has 0 unspecified atom stereocenters. The van der Waals surface area contributed by atoms with Crippen molar-refractivity contribution < 1.29 is 9.53 Å². The first-order chi connectivity index (χ1) is 16.2. The Balaban J connectivity index is 1.35. The number of benzene rings is 2. The Hall–Kier alpha value is -3.42. The quantitative estimate of drug-likeness (QED) is 0.425. The summed E-state index contributed by atoms with van der Waals surface area (Å²) in [5, 5.41) is 6.89. The molecule has 7 heteroatoms. The van der Waals surface area contributed by atoms with E-state index < -0.39 is 0 Å². The number of nitrogens with zero attached hydrogens (tertiary/aromatic N) is 4. The van der Waals surface area contributed by atoms with Gasteiger partial charge in [0.05, 0.1) is 23.4 Å². The third-order valence-electron chi connectivity index (χ3n) is 5.96. The van der Waals surface area contributed by atoms with Gasteiger partial charge in [0.15, 0.2) is 0 Å². The lowest BCUT2D eigenvalue weighted by molar-refractivity contribution is 0.0633. The predicted molar refractivity (Wildman–Crippen MR) is 131 cm³/mol. The van der Waals surface area contributed by atoms with Gasteiger partial charge >= 0.3 is 0 Å². The molecule has 33 heavy (non-hydrogen) atoms. The molecular weight excluding hydrogens is 432 g/mol. The molecule has 0 aliphatic carbocycles. The summed E-state index contributed by atoms with van der Waals surface area (Å²) in [4.78, 5) is 17.8. The Kier molecular flexibility index (Phi) is 6.24. The summed E-state index contributed by atoms with van der Waals surface area (Å²) in [7, 11) is 1.67. The van der Waals surface area contributed by atoms with Crippen molar-refractivity contribution in [2.24, 2.45) is 0 Å². The zero-order chi connectivity index (χ0) is 22.6. The third-order valence-corrected chi connectivity index (χ3v) is 6.82. The number of hydrogen-bond acceptors (Lipinski definition) is 5. The van der Waals surface area contributed by atoms with E-state index in [4.69, 9.17) is 9.84 Å². The van der Waals surface area contributed by atoms with E-state index in [1.807, 2.05) is 57.4 Å². The topological polar surface area (TPSA) is 50.6 Å². The highest BCUT2D eigenvalue weighted by atomic mass is 32.1. The molecule has 168 valence electrons. The largest absolute Gasteiger partial charge is 0.497 e. The molecule has 6 nitrogen and oxygen atoms in total. The van der Waals surface area contributed by atoms with Gasteiger partial charge in [0.25, 0.3) is 5.91 Å². The number of hydrogen-bond donors (Lipinski definition) is 0. The fourth-order valence-corrected chi connectivity index (χ4v) is 4.83. The lowest BCUT2D eigenvalue weighted by Gasteiger charge is -2.34. The van der Waals surface area contributed by atoms with Crippen molar-refractivity contribution in [3.05, 3.63) is 88.7 Å². The number of amides is 1. The predicted octanol–water partition coefficient (Wildman–Crippen LogP) is 4.57. The second-order valence-corrected chi connectivity index (χ2v) is 9.00. The van der Waals surface area contributed by atoms with Gasteiger partial charge in [-0.1, -0.05) is 24.3 Å². The molecule has 4 aromatic rings. The maximum absolute atomic E-state index is 12.7. The molecule has 0 atom stereocenters. The van der Waals surface area contributed by atoms with E-state index >= 15 is 0 Å². The van der Waals surface area contributed by atoms with E-state index in [0.717, 1.165) is 60.3 Å². The Labute approximate surface area is 197 Å². The van der Waals surface area contributed by atoms with Crippen LogP contribution in [-0.2, 0) is 6.54 Å². The van der Waals surface area contributed by atoms with E-state index in [1.165, 1.54) is 16.9 Å². The highest BCUT2D eigenvalue weighted by molar-refractivity contribution is 7.12. The molecule has 5 rings (SSSR count). The number of ether oxygens (including phenoxy) is 1. The van der Waals surface area contributed by atoms with Crippen LogP contribution >= 0.6 is 11.3 Å². The molecule has 0 N–H and O–H groups in total. The number of carbonyl (C=O) groups is 1. The maximum Gasteiger partial charge on any atom is 0.264 e. The zero-order valence-corrected chi connectivity index (χ0v) is 19.4. The summed E-state index contributed by atoms with van der Waals surface area (Å²) in [5.41, 5.74) is 4.23. The van der Waals surface area contributed by atoms with Crippen LogP contribution in [0, 0.1) is 0 Å². The smallest absolute Gasteiger partial charge is 0.264 e. The summed E-state index contributed by atoms with van der Waals surface area (Å²) in [6.45, 7) is 3.95. The average molecular weight is 459 g/mol. The summed E-state index contributed by atoms with van der Waals surface area (Å²) >= 11 is 1.51. The number of thiophene rings is 1. The summed E-state index contributed by atoms with van der Waals surface area (Å²) in [6.07, 6.45) is 2.12. The monoisotopic (exact) mass is 458 g/mol. The molecule has 1 amide bonds. The summed E-state index contributed by atoms with van der Waals surface area (Å²) in [6, 6.07) is 22.0. The maximum atomic E-state index is 12.7. The minimum atomic E-state index is 0.139. The number of rotatable bonds is 6. The van der Waals surface area contributed by atoms with Gasteiger partial charge in [-0.25, -0.2) is 4.68 Å². The van der Waals surface area contributed by atoms with E-state index in [2.05, 4.69) is 35.4 Å². The highest BCUT2D eigenvalue weighted by Crippen LogP contribution is 2.27. The van der Waals surface area contributed by atoms with Crippen LogP contribution in [0.1, 0.15) is 15.2 Å². The second-order valence-electron chi connectivity index (χ2n) is 8.06. The molecule has 1 saturated heterocycles. The van der Waals surface area contributed by atoms with Crippen molar-refractivity contribution in [1.29, 1.82) is 0 Å². The van der Waals surface area contributed by atoms with E-state index in [1.54, 1.807) is 7.11 Å². The number of piperazine rings is 1. The van der Waals surface area contributed by atoms with E-state index in [9.17, 15) is 4.79 Å². The minimum absolute atomic E-state index is 0.139. The first-order valence-corrected chi connectivity index (χ1v) is 11.9. The lowest BCUT2D eigenvalue weighted by atomic mass is 10.1. The molecule has 0 radical (unpaired) electrons. The first-order valence-electron chi connectivity index (χ1n) is 11.0. The molecule has 0 spiro atoms. The van der Waals surface area contributed by atoms with Gasteiger partial charge in [0.2, 0.25) is 0 Å². The summed E-state index contributed by atoms with van der Waals surface area (Å²) in [5.74, 6) is 0.967. The molecule has 3 heterocycles. The molecule has 1 aliphatic rings. The molecule has 0 bridgehead atoms. The van der Waals surface area contributed by atoms with Crippen LogP contribution in [0.25, 0.3) is 16.9 Å². The second kappa shape index (κ2) is 9.60. The van der Waals surface area contributed by atoms with Gasteiger partial charge in [0.1, 0.15) is 5.75 Å². The number of para-hydroxylation sites is 1. The normalized spacial score (nSPS) is 14.4. The fourth-order valence-electron chi connectivity index (χ4n) is 4.14. The van der Waals surface area contributed by atoms with Crippen molar-refractivity contribution >= 4 is 17.2 Å². The van der Waals surface area contributed by atoms with Crippen molar-refractivity contribution in [3.8, 4) is 22.7 Å². The average Bonchev–Trinajstić information content (AvgIpc) is 3.56. The van der Waals surface area contributed by atoms with Gasteiger partial charge in [0, 0.05) is 50.0 Å². The molecular formula is C26H26N4O2S. The first kappa shape index (κ1) is 21.4. The number of carbonyl (C=O) groups excluding carboxylic acids is 1. The molecule has 1 aliphatic heterocycles. The zero-order valence-electron chi connectivity index (χ0n) is 18.6. The molecule has 0 saturated carbocycles. The van der Waals surface area contributed by atoms with E-state index in [0.29, 0.717) is 0 Å². The Morgan fingerprint density at radius 2 is 1.73 bits per heavy atom. The minimum Gasteiger partial charge on any atom is -0.497 e. The van der Waals surface area contributed by atoms with Crippen LogP contribution in [0.3, 0.4) is 0 Å². The third kappa shape index (κ3) is 4.69. The SMILES string of the molecule is COc1ccc(-c2nn(-c3ccccc3)cc2CN2CCN(C(=O)c3cccs3)CC2)cc1. The Morgan fingerprint density at radius 1 is 0.970 bits per heavy atom. The number of methoxy groups -OCH3 is 1. The summed E-state index contributed by atoms with van der Waals surface area (Å²) < 4.78 is 7.27. The molecule has 1 fully saturated rings. The van der Waals surface area contributed by atoms with Crippen molar-refractivity contribution in [2.75, 3.05) is 33.3 Å². The van der Waals surface area contributed by atoms with Crippen LogP contribution in [0.15, 0.2) is 78.3 Å². The van der Waals surface area contributed by atoms with Gasteiger partial charge in [-0.2, -0.15) is 5.10 Å². The van der Waals surface area contributed by atoms with Gasteiger partial charge in [-0.3, -0.25) is 9.69 Å². The molecule has 2 aromatic heterocycles. The molecule has 2 aromatic carbocycles. The fraction of sp³-hybridized carbons (Fsp3) is 0.231. The van der Waals surface area contributed by atoms with Gasteiger partial charge < -0.3 is 9.64 Å². The van der Waals surface area contributed by atoms with Crippen LogP contribution < -0.4 is 4.74 Å². The Morgan fingerprint density at radius 3 is 2.39 bits per heavy atom. The standard InChI is InChI=1S/C26H26N4O2S/c1-32-23-11-9-20(10-12-23)25-21(19-30(27-25)22-6-3-2-4-7-22)18-28-13-15-29(16-14-28)26(31)24-8-5-17-33-24/h2-12,17,19H,13-16,18H2,1H3. The Bertz CT molecular complexity index is 1200. The number of aromatic nitrogens is 2. The van der Waals surface area contributed by atoms with Crippen LogP contribution in [0.4, 0.5) is 0 Å². The van der Waals surface area contributed by atoms with E-state index in [-0.39, 0.29) is 5.91 Å². The van der Waals surface area contributed by atoms with Crippen LogP contribution in [0.5, 0.6) is 5.75 Å². The van der Waals surface area contributed by atoms with Gasteiger partial charge in [-0.05, 0) is 47.8 Å². The highest BCUT2D eigenvalue weighted by Gasteiger charge is 2.24. The van der Waals surface area contributed by atoms with Crippen molar-refractivity contribution in [3.63, 3.8) is 0 Å².